The third-order valence-electron chi connectivity index (χ3n) is 6.42. The monoisotopic (exact) mass is 462 g/mol. The molecule has 2 heterocycles. The molecule has 0 aromatic heterocycles. The summed E-state index contributed by atoms with van der Waals surface area (Å²) in [5.41, 5.74) is 4.22. The Labute approximate surface area is 202 Å². The minimum absolute atomic E-state index is 0.206. The molecule has 2 amide bonds. The number of rotatable bonds is 2. The van der Waals surface area contributed by atoms with E-state index in [0.717, 1.165) is 16.7 Å². The Morgan fingerprint density at radius 2 is 1.43 bits per heavy atom. The summed E-state index contributed by atoms with van der Waals surface area (Å²) in [5, 5.41) is 3.01. The first-order valence-electron chi connectivity index (χ1n) is 11.4. The topological polar surface area (TPSA) is 67.9 Å². The highest BCUT2D eigenvalue weighted by Gasteiger charge is 2.33. The summed E-state index contributed by atoms with van der Waals surface area (Å²) >= 11 is 0. The van der Waals surface area contributed by atoms with Crippen LogP contribution in [-0.4, -0.2) is 18.9 Å². The number of hydrogen-bond acceptors (Lipinski definition) is 4. The number of aryl methyl sites for hydroxylation is 1. The number of carbonyl (C=O) groups excluding carboxylic acids is 2. The predicted octanol–water partition coefficient (Wildman–Crippen LogP) is 6.25. The molecule has 2 aliphatic heterocycles. The van der Waals surface area contributed by atoms with E-state index < -0.39 is 5.92 Å². The van der Waals surface area contributed by atoms with Crippen LogP contribution in [0.1, 0.15) is 33.0 Å². The highest BCUT2D eigenvalue weighted by molar-refractivity contribution is 6.10. The van der Waals surface area contributed by atoms with Crippen LogP contribution >= 0.6 is 0 Å². The van der Waals surface area contributed by atoms with Gasteiger partial charge in [-0.3, -0.25) is 9.59 Å². The number of nitrogens with zero attached hydrogens (tertiary/aromatic N) is 1. The summed E-state index contributed by atoms with van der Waals surface area (Å²) in [6.07, 6.45) is 0. The number of ether oxygens (including phenoxy) is 2. The molecule has 6 nitrogen and oxygen atoms in total. The fourth-order valence-electron chi connectivity index (χ4n) is 4.66. The molecule has 4 aromatic rings. The normalized spacial score (nSPS) is 13.9. The van der Waals surface area contributed by atoms with Crippen LogP contribution in [0.3, 0.4) is 0 Å². The molecule has 0 radical (unpaired) electrons. The van der Waals surface area contributed by atoms with Crippen LogP contribution in [0, 0.1) is 6.92 Å². The molecule has 1 N–H and O–H groups in total. The second-order valence-corrected chi connectivity index (χ2v) is 8.75. The van der Waals surface area contributed by atoms with Crippen LogP contribution in [0.15, 0.2) is 84.9 Å². The van der Waals surface area contributed by atoms with Crippen molar-refractivity contribution >= 4 is 23.2 Å². The van der Waals surface area contributed by atoms with Crippen LogP contribution in [0.4, 0.5) is 11.4 Å². The van der Waals surface area contributed by atoms with Crippen molar-refractivity contribution in [2.75, 3.05) is 17.3 Å². The number of fused-ring (bicyclic) bond motifs is 4. The van der Waals surface area contributed by atoms with E-state index in [-0.39, 0.29) is 11.8 Å². The zero-order chi connectivity index (χ0) is 24.1. The van der Waals surface area contributed by atoms with Gasteiger partial charge in [0, 0.05) is 23.9 Å². The molecule has 0 spiro atoms. The van der Waals surface area contributed by atoms with Gasteiger partial charge in [-0.15, -0.1) is 0 Å². The van der Waals surface area contributed by atoms with Gasteiger partial charge in [-0.2, -0.15) is 0 Å². The van der Waals surface area contributed by atoms with Gasteiger partial charge < -0.3 is 19.7 Å². The van der Waals surface area contributed by atoms with Crippen molar-refractivity contribution < 1.29 is 19.1 Å². The standard InChI is InChI=1S/C29H22N2O4/c1-17-11-13-26-22(15-17)31(2)29(33)21-16-18(12-14-25(21)35-26)30-28(32)27-19-7-3-5-9-23(19)34-24-10-6-4-8-20(24)27/h3-16,27H,1-2H3,(H,30,32). The van der Waals surface area contributed by atoms with Gasteiger partial charge in [-0.25, -0.2) is 0 Å². The molecule has 2 aliphatic rings. The molecular weight excluding hydrogens is 440 g/mol. The summed E-state index contributed by atoms with van der Waals surface area (Å²) in [5.74, 6) is 1.42. The number of carbonyl (C=O) groups is 2. The number of para-hydroxylation sites is 2. The number of benzene rings is 4. The van der Waals surface area contributed by atoms with E-state index in [4.69, 9.17) is 9.47 Å². The minimum atomic E-state index is -0.545. The second-order valence-electron chi connectivity index (χ2n) is 8.75. The first-order valence-corrected chi connectivity index (χ1v) is 11.4. The zero-order valence-corrected chi connectivity index (χ0v) is 19.2. The molecular formula is C29H22N2O4. The third kappa shape index (κ3) is 3.51. The molecule has 0 unspecified atom stereocenters. The van der Waals surface area contributed by atoms with Crippen LogP contribution < -0.4 is 19.7 Å². The first kappa shape index (κ1) is 21.0. The van der Waals surface area contributed by atoms with Gasteiger partial charge in [0.25, 0.3) is 5.91 Å². The predicted molar refractivity (Wildman–Crippen MR) is 134 cm³/mol. The average molecular weight is 463 g/mol. The Morgan fingerprint density at radius 3 is 2.14 bits per heavy atom. The molecule has 35 heavy (non-hydrogen) atoms. The number of amides is 2. The van der Waals surface area contributed by atoms with E-state index in [2.05, 4.69) is 5.32 Å². The SMILES string of the molecule is Cc1ccc2c(c1)N(C)C(=O)c1cc(NC(=O)C3c4ccccc4Oc4ccccc43)ccc1O2. The Balaban J connectivity index is 1.35. The van der Waals surface area contributed by atoms with Crippen molar-refractivity contribution in [2.45, 2.75) is 12.8 Å². The van der Waals surface area contributed by atoms with Crippen LogP contribution in [0.25, 0.3) is 0 Å². The van der Waals surface area contributed by atoms with E-state index in [1.165, 1.54) is 0 Å². The molecule has 0 bridgehead atoms. The summed E-state index contributed by atoms with van der Waals surface area (Å²) in [4.78, 5) is 28.5. The van der Waals surface area contributed by atoms with Gasteiger partial charge >= 0.3 is 0 Å². The highest BCUT2D eigenvalue weighted by atomic mass is 16.5. The Kier molecular flexibility index (Phi) is 4.81. The van der Waals surface area contributed by atoms with E-state index >= 15 is 0 Å². The number of anilines is 2. The molecule has 4 aromatic carbocycles. The molecule has 0 atom stereocenters. The van der Waals surface area contributed by atoms with E-state index in [0.29, 0.717) is 39.9 Å². The Hall–Kier alpha value is -4.58. The third-order valence-corrected chi connectivity index (χ3v) is 6.42. The lowest BCUT2D eigenvalue weighted by molar-refractivity contribution is -0.116. The smallest absolute Gasteiger partial charge is 0.261 e. The maximum atomic E-state index is 13.6. The summed E-state index contributed by atoms with van der Waals surface area (Å²) in [6.45, 7) is 1.97. The van der Waals surface area contributed by atoms with Gasteiger partial charge in [0.15, 0.2) is 5.75 Å². The van der Waals surface area contributed by atoms with Crippen LogP contribution in [-0.2, 0) is 4.79 Å². The van der Waals surface area contributed by atoms with Crippen molar-refractivity contribution in [3.63, 3.8) is 0 Å². The minimum Gasteiger partial charge on any atom is -0.457 e. The van der Waals surface area contributed by atoms with Crippen LogP contribution in [0.2, 0.25) is 0 Å². The fraction of sp³-hybridized carbons (Fsp3) is 0.103. The van der Waals surface area contributed by atoms with Crippen molar-refractivity contribution in [3.05, 3.63) is 107 Å². The fourth-order valence-corrected chi connectivity index (χ4v) is 4.66. The number of hydrogen-bond donors (Lipinski definition) is 1. The van der Waals surface area contributed by atoms with Gasteiger partial charge in [0.1, 0.15) is 17.2 Å². The number of nitrogens with one attached hydrogen (secondary N) is 1. The Bertz CT molecular complexity index is 1470. The van der Waals surface area contributed by atoms with Gasteiger partial charge in [-0.1, -0.05) is 42.5 Å². The van der Waals surface area contributed by atoms with Crippen molar-refractivity contribution in [1.82, 2.24) is 0 Å². The molecule has 6 heteroatoms. The summed E-state index contributed by atoms with van der Waals surface area (Å²) in [7, 11) is 1.72. The summed E-state index contributed by atoms with van der Waals surface area (Å²) in [6, 6.07) is 25.9. The maximum Gasteiger partial charge on any atom is 0.261 e. The Morgan fingerprint density at radius 1 is 0.800 bits per heavy atom. The largest absolute Gasteiger partial charge is 0.457 e. The molecule has 0 fully saturated rings. The maximum absolute atomic E-state index is 13.6. The van der Waals surface area contributed by atoms with E-state index in [9.17, 15) is 9.59 Å². The molecule has 0 saturated heterocycles. The highest BCUT2D eigenvalue weighted by Crippen LogP contribution is 2.45. The molecule has 172 valence electrons. The van der Waals surface area contributed by atoms with Gasteiger partial charge in [-0.05, 0) is 55.0 Å². The first-order chi connectivity index (χ1) is 17.0. The van der Waals surface area contributed by atoms with E-state index in [1.807, 2.05) is 73.7 Å². The van der Waals surface area contributed by atoms with Gasteiger partial charge in [0.05, 0.1) is 17.2 Å². The molecule has 0 aliphatic carbocycles. The molecule has 0 saturated carbocycles. The molecule has 6 rings (SSSR count). The average Bonchev–Trinajstić information content (AvgIpc) is 2.97. The van der Waals surface area contributed by atoms with Crippen molar-refractivity contribution in [1.29, 1.82) is 0 Å². The van der Waals surface area contributed by atoms with Crippen molar-refractivity contribution in [3.8, 4) is 23.0 Å². The van der Waals surface area contributed by atoms with Crippen LogP contribution in [0.5, 0.6) is 23.0 Å². The zero-order valence-electron chi connectivity index (χ0n) is 19.2. The van der Waals surface area contributed by atoms with Gasteiger partial charge in [0.2, 0.25) is 5.91 Å². The lowest BCUT2D eigenvalue weighted by Gasteiger charge is -2.27. The lowest BCUT2D eigenvalue weighted by atomic mass is 9.87. The van der Waals surface area contributed by atoms with Crippen molar-refractivity contribution in [2.24, 2.45) is 0 Å². The summed E-state index contributed by atoms with van der Waals surface area (Å²) < 4.78 is 12.1. The lowest BCUT2D eigenvalue weighted by Crippen LogP contribution is -2.26. The quantitative estimate of drug-likeness (QED) is 0.382. The van der Waals surface area contributed by atoms with E-state index in [1.54, 1.807) is 30.1 Å². The second kappa shape index (κ2) is 8.02.